The van der Waals surface area contributed by atoms with E-state index in [1.165, 1.54) is 12.1 Å². The Bertz CT molecular complexity index is 885. The summed E-state index contributed by atoms with van der Waals surface area (Å²) in [6.45, 7) is 2.53. The molecule has 1 aliphatic heterocycles. The predicted octanol–water partition coefficient (Wildman–Crippen LogP) is 4.35. The number of hydrogen-bond acceptors (Lipinski definition) is 4. The van der Waals surface area contributed by atoms with E-state index in [1.807, 2.05) is 11.0 Å². The molecule has 1 aromatic carbocycles. The smallest absolute Gasteiger partial charge is 0.370 e. The highest BCUT2D eigenvalue weighted by atomic mass is 32.1. The van der Waals surface area contributed by atoms with Gasteiger partial charge in [-0.15, -0.1) is 0 Å². The summed E-state index contributed by atoms with van der Waals surface area (Å²) in [4.78, 5) is 6.86. The Labute approximate surface area is 154 Å². The summed E-state index contributed by atoms with van der Waals surface area (Å²) in [5.41, 5.74) is 1.11. The standard InChI is InChI=1S/C18H17F3N4S/c19-18(20,21)13-3-1-4-14(11-13)24-7-2-8-25(10-9-24)16-5-6-23-17(26)15(16)12-22/h1,3-6,11H,2,7-10H2,(H,23,26). The molecule has 0 radical (unpaired) electrons. The van der Waals surface area contributed by atoms with Crippen LogP contribution in [0.4, 0.5) is 24.5 Å². The van der Waals surface area contributed by atoms with Gasteiger partial charge in [0.2, 0.25) is 0 Å². The third kappa shape index (κ3) is 3.83. The molecule has 136 valence electrons. The van der Waals surface area contributed by atoms with Crippen LogP contribution in [0.1, 0.15) is 17.5 Å². The summed E-state index contributed by atoms with van der Waals surface area (Å²) in [5.74, 6) is 0. The lowest BCUT2D eigenvalue weighted by molar-refractivity contribution is -0.137. The SMILES string of the molecule is N#Cc1c(N2CCCN(c3cccc(C(F)(F)F)c3)CC2)cc[nH]c1=S. The average molecular weight is 378 g/mol. The highest BCUT2D eigenvalue weighted by Gasteiger charge is 2.31. The van der Waals surface area contributed by atoms with Gasteiger partial charge in [-0.3, -0.25) is 0 Å². The minimum Gasteiger partial charge on any atom is -0.370 e. The van der Waals surface area contributed by atoms with Gasteiger partial charge in [0.1, 0.15) is 16.3 Å². The van der Waals surface area contributed by atoms with Crippen LogP contribution in [0.15, 0.2) is 36.5 Å². The zero-order valence-electron chi connectivity index (χ0n) is 13.9. The minimum atomic E-state index is -4.35. The van der Waals surface area contributed by atoms with Gasteiger partial charge in [-0.25, -0.2) is 0 Å². The number of anilines is 2. The highest BCUT2D eigenvalue weighted by molar-refractivity contribution is 7.71. The van der Waals surface area contributed by atoms with Crippen LogP contribution in [-0.2, 0) is 6.18 Å². The fraction of sp³-hybridized carbons (Fsp3) is 0.333. The van der Waals surface area contributed by atoms with E-state index in [4.69, 9.17) is 12.2 Å². The van der Waals surface area contributed by atoms with Crippen molar-refractivity contribution >= 4 is 23.6 Å². The summed E-state index contributed by atoms with van der Waals surface area (Å²) in [5, 5.41) is 9.36. The lowest BCUT2D eigenvalue weighted by Crippen LogP contribution is -2.31. The van der Waals surface area contributed by atoms with E-state index in [0.29, 0.717) is 42.1 Å². The first-order valence-corrected chi connectivity index (χ1v) is 8.60. The molecule has 2 aromatic rings. The number of aromatic nitrogens is 1. The number of halogens is 3. The zero-order chi connectivity index (χ0) is 18.7. The molecule has 3 rings (SSSR count). The minimum absolute atomic E-state index is 0.393. The molecule has 4 nitrogen and oxygen atoms in total. The predicted molar refractivity (Wildman–Crippen MR) is 96.8 cm³/mol. The molecule has 26 heavy (non-hydrogen) atoms. The second-order valence-electron chi connectivity index (χ2n) is 6.05. The molecule has 1 N–H and O–H groups in total. The van der Waals surface area contributed by atoms with E-state index < -0.39 is 11.7 Å². The molecule has 0 aliphatic carbocycles. The van der Waals surface area contributed by atoms with E-state index in [0.717, 1.165) is 18.2 Å². The summed E-state index contributed by atoms with van der Waals surface area (Å²) in [7, 11) is 0. The van der Waals surface area contributed by atoms with Crippen molar-refractivity contribution in [1.82, 2.24) is 4.98 Å². The summed E-state index contributed by atoms with van der Waals surface area (Å²) in [6.07, 6.45) is -1.88. The summed E-state index contributed by atoms with van der Waals surface area (Å²) >= 11 is 5.17. The largest absolute Gasteiger partial charge is 0.416 e. The van der Waals surface area contributed by atoms with Crippen molar-refractivity contribution in [2.75, 3.05) is 36.0 Å². The van der Waals surface area contributed by atoms with E-state index in [2.05, 4.69) is 16.0 Å². The summed E-state index contributed by atoms with van der Waals surface area (Å²) < 4.78 is 39.2. The van der Waals surface area contributed by atoms with Crippen molar-refractivity contribution in [2.24, 2.45) is 0 Å². The Kier molecular flexibility index (Phi) is 5.18. The maximum absolute atomic E-state index is 12.9. The molecule has 1 aliphatic rings. The van der Waals surface area contributed by atoms with Crippen molar-refractivity contribution < 1.29 is 13.2 Å². The number of nitrogens with one attached hydrogen (secondary N) is 1. The van der Waals surface area contributed by atoms with Crippen LogP contribution in [-0.4, -0.2) is 31.2 Å². The number of alkyl halides is 3. The first-order chi connectivity index (χ1) is 12.4. The molecule has 0 unspecified atom stereocenters. The number of pyridine rings is 1. The van der Waals surface area contributed by atoms with Crippen molar-refractivity contribution in [2.45, 2.75) is 12.6 Å². The van der Waals surface area contributed by atoms with Gasteiger partial charge in [0.15, 0.2) is 0 Å². The lowest BCUT2D eigenvalue weighted by atomic mass is 10.1. The van der Waals surface area contributed by atoms with Gasteiger partial charge in [0.05, 0.1) is 11.3 Å². The van der Waals surface area contributed by atoms with Gasteiger partial charge in [-0.2, -0.15) is 18.4 Å². The quantitative estimate of drug-likeness (QED) is 0.789. The Morgan fingerprint density at radius 3 is 2.54 bits per heavy atom. The number of nitrogens with zero attached hydrogens (tertiary/aromatic N) is 3. The zero-order valence-corrected chi connectivity index (χ0v) is 14.7. The van der Waals surface area contributed by atoms with Crippen molar-refractivity contribution in [3.63, 3.8) is 0 Å². The molecule has 1 saturated heterocycles. The van der Waals surface area contributed by atoms with Gasteiger partial charge in [0.25, 0.3) is 0 Å². The van der Waals surface area contributed by atoms with Gasteiger partial charge >= 0.3 is 6.18 Å². The first-order valence-electron chi connectivity index (χ1n) is 8.19. The van der Waals surface area contributed by atoms with Crippen LogP contribution in [0.3, 0.4) is 0 Å². The van der Waals surface area contributed by atoms with E-state index in [9.17, 15) is 18.4 Å². The lowest BCUT2D eigenvalue weighted by Gasteiger charge is -2.25. The molecule has 0 bridgehead atoms. The van der Waals surface area contributed by atoms with Crippen LogP contribution in [0.2, 0.25) is 0 Å². The Morgan fingerprint density at radius 1 is 1.08 bits per heavy atom. The topological polar surface area (TPSA) is 46.1 Å². The van der Waals surface area contributed by atoms with E-state index in [1.54, 1.807) is 12.3 Å². The molecule has 0 spiro atoms. The third-order valence-electron chi connectivity index (χ3n) is 4.43. The van der Waals surface area contributed by atoms with E-state index >= 15 is 0 Å². The molecule has 1 aromatic heterocycles. The number of H-pyrrole nitrogens is 1. The van der Waals surface area contributed by atoms with Crippen LogP contribution < -0.4 is 9.80 Å². The molecule has 1 fully saturated rings. The monoisotopic (exact) mass is 378 g/mol. The van der Waals surface area contributed by atoms with Crippen LogP contribution in [0, 0.1) is 16.0 Å². The molecule has 0 saturated carbocycles. The highest BCUT2D eigenvalue weighted by Crippen LogP contribution is 2.32. The Balaban J connectivity index is 1.81. The first kappa shape index (κ1) is 18.3. The maximum Gasteiger partial charge on any atom is 0.416 e. The van der Waals surface area contributed by atoms with Crippen LogP contribution in [0.5, 0.6) is 0 Å². The molecular formula is C18H17F3N4S. The summed E-state index contributed by atoms with van der Waals surface area (Å²) in [6, 6.07) is 9.35. The third-order valence-corrected chi connectivity index (χ3v) is 4.75. The fourth-order valence-electron chi connectivity index (χ4n) is 3.14. The normalized spacial score (nSPS) is 15.5. The number of benzene rings is 1. The molecular weight excluding hydrogens is 361 g/mol. The molecule has 8 heteroatoms. The molecule has 0 atom stereocenters. The van der Waals surface area contributed by atoms with Crippen molar-refractivity contribution in [3.8, 4) is 6.07 Å². The van der Waals surface area contributed by atoms with Crippen molar-refractivity contribution in [3.05, 3.63) is 52.3 Å². The Morgan fingerprint density at radius 2 is 1.81 bits per heavy atom. The Hall–Kier alpha value is -2.53. The number of aromatic amines is 1. The number of hydrogen-bond donors (Lipinski definition) is 1. The molecule has 0 amide bonds. The average Bonchev–Trinajstić information content (AvgIpc) is 2.87. The number of rotatable bonds is 2. The van der Waals surface area contributed by atoms with Gasteiger partial charge in [-0.1, -0.05) is 18.3 Å². The fourth-order valence-corrected chi connectivity index (χ4v) is 3.35. The maximum atomic E-state index is 12.9. The number of nitriles is 1. The second-order valence-corrected chi connectivity index (χ2v) is 6.46. The van der Waals surface area contributed by atoms with E-state index in [-0.39, 0.29) is 0 Å². The van der Waals surface area contributed by atoms with Gasteiger partial charge in [0, 0.05) is 38.1 Å². The molecule has 2 heterocycles. The van der Waals surface area contributed by atoms with Gasteiger partial charge in [-0.05, 0) is 30.7 Å². The van der Waals surface area contributed by atoms with Gasteiger partial charge < -0.3 is 14.8 Å². The van der Waals surface area contributed by atoms with Crippen molar-refractivity contribution in [1.29, 1.82) is 5.26 Å². The van der Waals surface area contributed by atoms with Crippen LogP contribution in [0.25, 0.3) is 0 Å². The van der Waals surface area contributed by atoms with Crippen LogP contribution >= 0.6 is 12.2 Å². The second kappa shape index (κ2) is 7.38.